The van der Waals surface area contributed by atoms with E-state index in [2.05, 4.69) is 31.9 Å². The molecule has 0 aromatic heterocycles. The van der Waals surface area contributed by atoms with Gasteiger partial charge < -0.3 is 4.74 Å². The second kappa shape index (κ2) is 6.70. The summed E-state index contributed by atoms with van der Waals surface area (Å²) >= 11 is 12.4. The molecule has 1 aromatic carbocycles. The van der Waals surface area contributed by atoms with Crippen LogP contribution < -0.4 is 4.74 Å². The van der Waals surface area contributed by atoms with E-state index in [1.165, 1.54) is 0 Å². The van der Waals surface area contributed by atoms with E-state index in [9.17, 15) is 0 Å². The lowest BCUT2D eigenvalue weighted by Gasteiger charge is -2.09. The maximum absolute atomic E-state index is 5.62. The van der Waals surface area contributed by atoms with E-state index in [-0.39, 0.29) is 0 Å². The van der Waals surface area contributed by atoms with Crippen LogP contribution in [0, 0.1) is 0 Å². The molecule has 0 atom stereocenters. The molecule has 0 N–H and O–H groups in total. The highest BCUT2D eigenvalue weighted by molar-refractivity contribution is 9.11. The van der Waals surface area contributed by atoms with Gasteiger partial charge in [-0.15, -0.1) is 11.6 Å². The maximum atomic E-state index is 5.62. The second-order valence-corrected chi connectivity index (χ2v) is 4.88. The van der Waals surface area contributed by atoms with Crippen molar-refractivity contribution in [1.29, 1.82) is 0 Å². The van der Waals surface area contributed by atoms with Crippen molar-refractivity contribution in [3.05, 3.63) is 27.1 Å². The zero-order valence-electron chi connectivity index (χ0n) is 7.60. The minimum Gasteiger partial charge on any atom is -0.491 e. The summed E-state index contributed by atoms with van der Waals surface area (Å²) in [6, 6.07) is 5.88. The normalized spacial score (nSPS) is 10.2. The fraction of sp³-hybridized carbons (Fsp3) is 0.400. The highest BCUT2D eigenvalue weighted by atomic mass is 79.9. The molecule has 0 radical (unpaired) electrons. The van der Waals surface area contributed by atoms with Gasteiger partial charge in [-0.2, -0.15) is 0 Å². The smallest absolute Gasteiger partial charge is 0.147 e. The number of unbranched alkanes of at least 4 members (excludes halogenated alkanes) is 1. The molecule has 1 nitrogen and oxygen atoms in total. The summed E-state index contributed by atoms with van der Waals surface area (Å²) in [5, 5.41) is 0. The van der Waals surface area contributed by atoms with Gasteiger partial charge in [-0.05, 0) is 56.8 Å². The van der Waals surface area contributed by atoms with Gasteiger partial charge in [0.1, 0.15) is 5.75 Å². The summed E-state index contributed by atoms with van der Waals surface area (Å²) in [5.41, 5.74) is 0. The molecule has 0 spiro atoms. The molecule has 4 heteroatoms. The third-order valence-corrected chi connectivity index (χ3v) is 3.21. The predicted octanol–water partition coefficient (Wildman–Crippen LogP) is 4.61. The highest BCUT2D eigenvalue weighted by Gasteiger charge is 2.04. The number of rotatable bonds is 5. The van der Waals surface area contributed by atoms with Crippen molar-refractivity contribution in [3.8, 4) is 5.75 Å². The lowest BCUT2D eigenvalue weighted by molar-refractivity contribution is 0.306. The molecule has 0 saturated carbocycles. The van der Waals surface area contributed by atoms with Crippen molar-refractivity contribution < 1.29 is 4.74 Å². The fourth-order valence-electron chi connectivity index (χ4n) is 0.991. The van der Waals surface area contributed by atoms with Gasteiger partial charge >= 0.3 is 0 Å². The van der Waals surface area contributed by atoms with Crippen molar-refractivity contribution in [1.82, 2.24) is 0 Å². The molecular formula is C10H11Br2ClO. The molecule has 0 aliphatic carbocycles. The van der Waals surface area contributed by atoms with Gasteiger partial charge in [-0.1, -0.05) is 6.07 Å². The zero-order chi connectivity index (χ0) is 10.4. The van der Waals surface area contributed by atoms with Gasteiger partial charge in [-0.25, -0.2) is 0 Å². The summed E-state index contributed by atoms with van der Waals surface area (Å²) in [4.78, 5) is 0. The van der Waals surface area contributed by atoms with Crippen LogP contribution in [0.2, 0.25) is 0 Å². The molecule has 0 saturated heterocycles. The van der Waals surface area contributed by atoms with Gasteiger partial charge in [-0.3, -0.25) is 0 Å². The van der Waals surface area contributed by atoms with Crippen LogP contribution in [0.25, 0.3) is 0 Å². The fourth-order valence-corrected chi connectivity index (χ4v) is 2.41. The highest BCUT2D eigenvalue weighted by Crippen LogP contribution is 2.32. The van der Waals surface area contributed by atoms with Crippen LogP contribution in [0.3, 0.4) is 0 Å². The SMILES string of the molecule is ClCCCCOc1c(Br)cccc1Br. The molecule has 0 bridgehead atoms. The van der Waals surface area contributed by atoms with Crippen molar-refractivity contribution in [2.75, 3.05) is 12.5 Å². The monoisotopic (exact) mass is 340 g/mol. The van der Waals surface area contributed by atoms with Gasteiger partial charge in [0.2, 0.25) is 0 Å². The Morgan fingerprint density at radius 2 is 1.79 bits per heavy atom. The number of alkyl halides is 1. The first-order chi connectivity index (χ1) is 6.75. The van der Waals surface area contributed by atoms with E-state index >= 15 is 0 Å². The van der Waals surface area contributed by atoms with Crippen molar-refractivity contribution in [2.24, 2.45) is 0 Å². The molecule has 0 amide bonds. The Hall–Kier alpha value is 0.270. The van der Waals surface area contributed by atoms with E-state index in [4.69, 9.17) is 16.3 Å². The Kier molecular flexibility index (Phi) is 5.90. The number of para-hydroxylation sites is 1. The molecule has 0 unspecified atom stereocenters. The number of hydrogen-bond donors (Lipinski definition) is 0. The summed E-state index contributed by atoms with van der Waals surface area (Å²) in [5.74, 6) is 1.56. The average Bonchev–Trinajstić information content (AvgIpc) is 2.16. The van der Waals surface area contributed by atoms with Crippen molar-refractivity contribution >= 4 is 43.5 Å². The van der Waals surface area contributed by atoms with Crippen LogP contribution in [0.15, 0.2) is 27.1 Å². The number of ether oxygens (including phenoxy) is 1. The number of benzene rings is 1. The van der Waals surface area contributed by atoms with Gasteiger partial charge in [0.25, 0.3) is 0 Å². The molecule has 78 valence electrons. The van der Waals surface area contributed by atoms with Crippen LogP contribution in [-0.2, 0) is 0 Å². The zero-order valence-corrected chi connectivity index (χ0v) is 11.5. The molecule has 0 aliphatic heterocycles. The standard InChI is InChI=1S/C10H11Br2ClO/c11-8-4-3-5-9(12)10(8)14-7-2-1-6-13/h3-5H,1-2,6-7H2. The maximum Gasteiger partial charge on any atom is 0.147 e. The number of hydrogen-bond acceptors (Lipinski definition) is 1. The number of halogens is 3. The quantitative estimate of drug-likeness (QED) is 0.561. The first kappa shape index (κ1) is 12.3. The molecule has 0 heterocycles. The van der Waals surface area contributed by atoms with Gasteiger partial charge in [0, 0.05) is 5.88 Å². The minimum absolute atomic E-state index is 0.695. The second-order valence-electron chi connectivity index (χ2n) is 2.80. The summed E-state index contributed by atoms with van der Waals surface area (Å²) in [6.07, 6.45) is 1.97. The van der Waals surface area contributed by atoms with Gasteiger partial charge in [0.05, 0.1) is 15.6 Å². The van der Waals surface area contributed by atoms with E-state index in [0.717, 1.165) is 27.5 Å². The third kappa shape index (κ3) is 3.79. The Balaban J connectivity index is 2.49. The Morgan fingerprint density at radius 1 is 1.14 bits per heavy atom. The summed E-state index contributed by atoms with van der Waals surface area (Å²) < 4.78 is 7.56. The molecule has 0 aliphatic rings. The first-order valence-electron chi connectivity index (χ1n) is 4.38. The Labute approximate surface area is 106 Å². The van der Waals surface area contributed by atoms with E-state index in [1.807, 2.05) is 18.2 Å². The summed E-state index contributed by atoms with van der Waals surface area (Å²) in [7, 11) is 0. The molecule has 14 heavy (non-hydrogen) atoms. The van der Waals surface area contributed by atoms with E-state index in [1.54, 1.807) is 0 Å². The molecule has 1 aromatic rings. The summed E-state index contributed by atoms with van der Waals surface area (Å²) in [6.45, 7) is 0.702. The van der Waals surface area contributed by atoms with Crippen LogP contribution in [-0.4, -0.2) is 12.5 Å². The lowest BCUT2D eigenvalue weighted by atomic mass is 10.3. The van der Waals surface area contributed by atoms with Gasteiger partial charge in [0.15, 0.2) is 0 Å². The lowest BCUT2D eigenvalue weighted by Crippen LogP contribution is -1.98. The Bertz CT molecular complexity index is 271. The molecular weight excluding hydrogens is 331 g/mol. The topological polar surface area (TPSA) is 9.23 Å². The van der Waals surface area contributed by atoms with Crippen LogP contribution >= 0.6 is 43.5 Å². The Morgan fingerprint density at radius 3 is 2.36 bits per heavy atom. The average molecular weight is 342 g/mol. The van der Waals surface area contributed by atoms with Crippen molar-refractivity contribution in [2.45, 2.75) is 12.8 Å². The van der Waals surface area contributed by atoms with Crippen LogP contribution in [0.5, 0.6) is 5.75 Å². The van der Waals surface area contributed by atoms with Crippen LogP contribution in [0.4, 0.5) is 0 Å². The molecule has 0 fully saturated rings. The first-order valence-corrected chi connectivity index (χ1v) is 6.50. The van der Waals surface area contributed by atoms with E-state index in [0.29, 0.717) is 12.5 Å². The van der Waals surface area contributed by atoms with Crippen molar-refractivity contribution in [3.63, 3.8) is 0 Å². The van der Waals surface area contributed by atoms with Crippen LogP contribution in [0.1, 0.15) is 12.8 Å². The minimum atomic E-state index is 0.695. The largest absolute Gasteiger partial charge is 0.491 e. The molecule has 1 rings (SSSR count). The predicted molar refractivity (Wildman–Crippen MR) is 67.3 cm³/mol. The third-order valence-electron chi connectivity index (χ3n) is 1.69. The van der Waals surface area contributed by atoms with E-state index < -0.39 is 0 Å².